The van der Waals surface area contributed by atoms with Crippen LogP contribution in [0.4, 0.5) is 5.69 Å². The van der Waals surface area contributed by atoms with Crippen molar-refractivity contribution >= 4 is 46.6 Å². The molecule has 0 aliphatic heterocycles. The van der Waals surface area contributed by atoms with Crippen LogP contribution < -0.4 is 10.1 Å². The van der Waals surface area contributed by atoms with Crippen LogP contribution in [-0.2, 0) is 4.79 Å². The Morgan fingerprint density at radius 3 is 2.68 bits per heavy atom. The maximum atomic E-state index is 12.6. The second-order valence-corrected chi connectivity index (χ2v) is 7.86. The molecule has 0 fully saturated rings. The van der Waals surface area contributed by atoms with Gasteiger partial charge in [0.25, 0.3) is 0 Å². The minimum Gasteiger partial charge on any atom is -0.492 e. The maximum absolute atomic E-state index is 12.6. The van der Waals surface area contributed by atoms with E-state index in [1.807, 2.05) is 31.2 Å². The third-order valence-corrected chi connectivity index (χ3v) is 5.09. The van der Waals surface area contributed by atoms with E-state index in [1.54, 1.807) is 29.8 Å². The summed E-state index contributed by atoms with van der Waals surface area (Å²) in [5.74, 6) is 0.431. The molecular formula is C18H17Cl2N5O2S. The number of para-hydroxylation sites is 2. The van der Waals surface area contributed by atoms with Gasteiger partial charge >= 0.3 is 0 Å². The van der Waals surface area contributed by atoms with Crippen molar-refractivity contribution in [2.45, 2.75) is 24.3 Å². The first-order valence-electron chi connectivity index (χ1n) is 8.42. The number of carbonyl (C=O) groups excluding carboxylic acids is 1. The predicted octanol–water partition coefficient (Wildman–Crippen LogP) is 4.49. The Hall–Kier alpha value is -2.29. The summed E-state index contributed by atoms with van der Waals surface area (Å²) in [6.07, 6.45) is 0. The van der Waals surface area contributed by atoms with Gasteiger partial charge < -0.3 is 10.1 Å². The van der Waals surface area contributed by atoms with Gasteiger partial charge in [-0.3, -0.25) is 4.79 Å². The first-order chi connectivity index (χ1) is 13.5. The Morgan fingerprint density at radius 1 is 1.25 bits per heavy atom. The number of amides is 1. The molecular weight excluding hydrogens is 421 g/mol. The van der Waals surface area contributed by atoms with E-state index in [2.05, 4.69) is 20.8 Å². The van der Waals surface area contributed by atoms with Crippen molar-refractivity contribution in [1.29, 1.82) is 0 Å². The van der Waals surface area contributed by atoms with E-state index in [0.29, 0.717) is 38.9 Å². The molecule has 1 atom stereocenters. The minimum absolute atomic E-state index is 0.226. The van der Waals surface area contributed by atoms with E-state index >= 15 is 0 Å². The highest BCUT2D eigenvalue weighted by Gasteiger charge is 2.21. The highest BCUT2D eigenvalue weighted by atomic mass is 35.5. The van der Waals surface area contributed by atoms with Gasteiger partial charge in [-0.1, -0.05) is 47.1 Å². The van der Waals surface area contributed by atoms with Crippen molar-refractivity contribution < 1.29 is 9.53 Å². The maximum Gasteiger partial charge on any atom is 0.237 e. The Kier molecular flexibility index (Phi) is 6.77. The quantitative estimate of drug-likeness (QED) is 0.548. The topological polar surface area (TPSA) is 81.9 Å². The lowest BCUT2D eigenvalue weighted by Crippen LogP contribution is -2.23. The zero-order valence-corrected chi connectivity index (χ0v) is 17.4. The Morgan fingerprint density at radius 2 is 1.96 bits per heavy atom. The number of tetrazole rings is 1. The molecule has 1 heterocycles. The highest BCUT2D eigenvalue weighted by molar-refractivity contribution is 8.00. The van der Waals surface area contributed by atoms with E-state index in [0.717, 1.165) is 0 Å². The van der Waals surface area contributed by atoms with Crippen molar-refractivity contribution in [3.63, 3.8) is 0 Å². The fourth-order valence-corrected chi connectivity index (χ4v) is 3.72. The van der Waals surface area contributed by atoms with Crippen LogP contribution in [0.3, 0.4) is 0 Å². The number of benzene rings is 2. The molecule has 0 aliphatic carbocycles. The molecule has 2 aromatic carbocycles. The molecule has 0 bridgehead atoms. The first kappa shape index (κ1) is 20.4. The lowest BCUT2D eigenvalue weighted by Gasteiger charge is -2.13. The number of aromatic nitrogens is 4. The number of anilines is 1. The lowest BCUT2D eigenvalue weighted by atomic mass is 10.3. The zero-order chi connectivity index (χ0) is 20.1. The number of thioether (sulfide) groups is 1. The van der Waals surface area contributed by atoms with Crippen LogP contribution in [0.2, 0.25) is 10.0 Å². The fourth-order valence-electron chi connectivity index (χ4n) is 2.39. The smallest absolute Gasteiger partial charge is 0.237 e. The molecule has 0 saturated heterocycles. The molecule has 0 spiro atoms. The molecule has 3 aromatic rings. The summed E-state index contributed by atoms with van der Waals surface area (Å²) in [6.45, 7) is 4.18. The number of halogens is 2. The standard InChI is InChI=1S/C18H17Cl2N5O2S/c1-3-27-16-7-5-4-6-15(16)25-18(22-23-24-25)28-11(2)17(26)21-14-9-12(19)8-13(20)10-14/h4-11H,3H2,1-2H3,(H,21,26). The fraction of sp³-hybridized carbons (Fsp3) is 0.222. The Balaban J connectivity index is 1.76. The molecule has 1 amide bonds. The minimum atomic E-state index is -0.471. The number of nitrogens with one attached hydrogen (secondary N) is 1. The molecule has 146 valence electrons. The van der Waals surface area contributed by atoms with Gasteiger partial charge in [-0.2, -0.15) is 4.68 Å². The summed E-state index contributed by atoms with van der Waals surface area (Å²) in [7, 11) is 0. The van der Waals surface area contributed by atoms with Crippen molar-refractivity contribution in [3.05, 3.63) is 52.5 Å². The van der Waals surface area contributed by atoms with Crippen LogP contribution in [0.15, 0.2) is 47.6 Å². The van der Waals surface area contributed by atoms with Crippen LogP contribution in [0.1, 0.15) is 13.8 Å². The largest absolute Gasteiger partial charge is 0.492 e. The van der Waals surface area contributed by atoms with Crippen LogP contribution in [0, 0.1) is 0 Å². The summed E-state index contributed by atoms with van der Waals surface area (Å²) in [5, 5.41) is 15.5. The number of rotatable bonds is 7. The molecule has 7 nitrogen and oxygen atoms in total. The Bertz CT molecular complexity index is 962. The van der Waals surface area contributed by atoms with Gasteiger partial charge in [-0.05, 0) is 54.6 Å². The van der Waals surface area contributed by atoms with Crippen LogP contribution in [0.25, 0.3) is 5.69 Å². The van der Waals surface area contributed by atoms with Crippen molar-refractivity contribution in [2.75, 3.05) is 11.9 Å². The van der Waals surface area contributed by atoms with E-state index < -0.39 is 5.25 Å². The molecule has 28 heavy (non-hydrogen) atoms. The monoisotopic (exact) mass is 437 g/mol. The molecule has 0 saturated carbocycles. The summed E-state index contributed by atoms with van der Waals surface area (Å²) < 4.78 is 7.19. The highest BCUT2D eigenvalue weighted by Crippen LogP contribution is 2.29. The van der Waals surface area contributed by atoms with Gasteiger partial charge in [-0.25, -0.2) is 0 Å². The molecule has 1 unspecified atom stereocenters. The third-order valence-electron chi connectivity index (χ3n) is 3.62. The predicted molar refractivity (Wildman–Crippen MR) is 111 cm³/mol. The van der Waals surface area contributed by atoms with Gasteiger partial charge in [-0.15, -0.1) is 5.10 Å². The van der Waals surface area contributed by atoms with Gasteiger partial charge in [0.05, 0.1) is 11.9 Å². The van der Waals surface area contributed by atoms with E-state index in [1.165, 1.54) is 11.8 Å². The summed E-state index contributed by atoms with van der Waals surface area (Å²) in [5.41, 5.74) is 1.22. The van der Waals surface area contributed by atoms with Crippen LogP contribution >= 0.6 is 35.0 Å². The van der Waals surface area contributed by atoms with Gasteiger partial charge in [0.2, 0.25) is 11.1 Å². The average Bonchev–Trinajstić information content (AvgIpc) is 3.09. The zero-order valence-electron chi connectivity index (χ0n) is 15.1. The second kappa shape index (κ2) is 9.27. The molecule has 1 aromatic heterocycles. The SMILES string of the molecule is CCOc1ccccc1-n1nnnc1SC(C)C(=O)Nc1cc(Cl)cc(Cl)c1. The van der Waals surface area contributed by atoms with Gasteiger partial charge in [0, 0.05) is 15.7 Å². The van der Waals surface area contributed by atoms with E-state index in [4.69, 9.17) is 27.9 Å². The number of ether oxygens (including phenoxy) is 1. The number of carbonyl (C=O) groups is 1. The number of hydrogen-bond donors (Lipinski definition) is 1. The summed E-state index contributed by atoms with van der Waals surface area (Å²) in [6, 6.07) is 12.3. The molecule has 0 radical (unpaired) electrons. The van der Waals surface area contributed by atoms with Gasteiger partial charge in [0.1, 0.15) is 11.4 Å². The Labute approximate surface area is 176 Å². The third kappa shape index (κ3) is 4.95. The normalized spacial score (nSPS) is 11.9. The van der Waals surface area contributed by atoms with Crippen molar-refractivity contribution in [1.82, 2.24) is 20.2 Å². The lowest BCUT2D eigenvalue weighted by molar-refractivity contribution is -0.115. The number of hydrogen-bond acceptors (Lipinski definition) is 6. The molecule has 10 heteroatoms. The summed E-state index contributed by atoms with van der Waals surface area (Å²) in [4.78, 5) is 12.6. The molecule has 1 N–H and O–H groups in total. The van der Waals surface area contributed by atoms with E-state index in [-0.39, 0.29) is 5.91 Å². The van der Waals surface area contributed by atoms with Crippen LogP contribution in [0.5, 0.6) is 5.75 Å². The molecule has 3 rings (SSSR count). The molecule has 0 aliphatic rings. The average molecular weight is 438 g/mol. The number of nitrogens with zero attached hydrogens (tertiary/aromatic N) is 4. The van der Waals surface area contributed by atoms with Gasteiger partial charge in [0.15, 0.2) is 0 Å². The summed E-state index contributed by atoms with van der Waals surface area (Å²) >= 11 is 13.2. The van der Waals surface area contributed by atoms with E-state index in [9.17, 15) is 4.79 Å². The van der Waals surface area contributed by atoms with Crippen molar-refractivity contribution in [2.24, 2.45) is 0 Å². The second-order valence-electron chi connectivity index (χ2n) is 5.68. The van der Waals surface area contributed by atoms with Crippen molar-refractivity contribution in [3.8, 4) is 11.4 Å². The first-order valence-corrected chi connectivity index (χ1v) is 10.1. The van der Waals surface area contributed by atoms with Crippen LogP contribution in [-0.4, -0.2) is 38.0 Å².